The van der Waals surface area contributed by atoms with E-state index in [9.17, 15) is 22.4 Å². The predicted octanol–water partition coefficient (Wildman–Crippen LogP) is 1.25. The molecule has 2 aliphatic heterocycles. The fourth-order valence-electron chi connectivity index (χ4n) is 3.71. The number of hydrogen-bond acceptors (Lipinski definition) is 7. The van der Waals surface area contributed by atoms with Crippen LogP contribution in [0.1, 0.15) is 5.56 Å². The van der Waals surface area contributed by atoms with Gasteiger partial charge in [-0.2, -0.15) is 0 Å². The van der Waals surface area contributed by atoms with E-state index in [0.29, 0.717) is 32.7 Å². The fourth-order valence-corrected chi connectivity index (χ4v) is 4.85. The first-order valence-electron chi connectivity index (χ1n) is 10.4. The zero-order chi connectivity index (χ0) is 23.4. The molecule has 176 valence electrons. The Balaban J connectivity index is 1.23. The molecule has 0 bridgehead atoms. The van der Waals surface area contributed by atoms with E-state index in [2.05, 4.69) is 10.2 Å². The molecule has 1 fully saturated rings. The maximum Gasteiger partial charge on any atom is 0.239 e. The number of nitrogens with zero attached hydrogens (tertiary/aromatic N) is 2. The fraction of sp³-hybridized carbons (Fsp3) is 0.364. The summed E-state index contributed by atoms with van der Waals surface area (Å²) in [6.45, 7) is 2.91. The molecule has 0 spiro atoms. The second kappa shape index (κ2) is 9.75. The summed E-state index contributed by atoms with van der Waals surface area (Å²) in [5.41, 5.74) is 1.34. The molecule has 2 aromatic rings. The Kier molecular flexibility index (Phi) is 6.80. The third-order valence-corrected chi connectivity index (χ3v) is 6.78. The SMILES string of the molecule is O=C(CS(=O)(=O)CC(=O)N1CCN(Cc2ccc3c(c2)OCO3)CC1)Nc1ccc(F)cc1. The summed E-state index contributed by atoms with van der Waals surface area (Å²) in [5, 5.41) is 2.39. The van der Waals surface area contributed by atoms with Crippen LogP contribution in [0.3, 0.4) is 0 Å². The molecule has 2 amide bonds. The van der Waals surface area contributed by atoms with Gasteiger partial charge in [-0.3, -0.25) is 14.5 Å². The summed E-state index contributed by atoms with van der Waals surface area (Å²) in [6.07, 6.45) is 0. The van der Waals surface area contributed by atoms with Gasteiger partial charge in [0.1, 0.15) is 17.3 Å². The Morgan fingerprint density at radius 3 is 2.36 bits per heavy atom. The van der Waals surface area contributed by atoms with E-state index >= 15 is 0 Å². The van der Waals surface area contributed by atoms with Gasteiger partial charge in [0.2, 0.25) is 18.6 Å². The van der Waals surface area contributed by atoms with Crippen LogP contribution in [0.25, 0.3) is 0 Å². The Morgan fingerprint density at radius 2 is 1.64 bits per heavy atom. The zero-order valence-corrected chi connectivity index (χ0v) is 18.6. The number of nitrogens with one attached hydrogen (secondary N) is 1. The number of amides is 2. The van der Waals surface area contributed by atoms with Gasteiger partial charge in [0.15, 0.2) is 21.3 Å². The maximum atomic E-state index is 12.9. The molecule has 2 aromatic carbocycles. The first kappa shape index (κ1) is 23.0. The summed E-state index contributed by atoms with van der Waals surface area (Å²) < 4.78 is 48.3. The second-order valence-corrected chi connectivity index (χ2v) is 10.00. The average Bonchev–Trinajstić information content (AvgIpc) is 3.23. The van der Waals surface area contributed by atoms with Gasteiger partial charge >= 0.3 is 0 Å². The predicted molar refractivity (Wildman–Crippen MR) is 118 cm³/mol. The quantitative estimate of drug-likeness (QED) is 0.640. The highest BCUT2D eigenvalue weighted by molar-refractivity contribution is 7.92. The molecule has 2 aliphatic rings. The summed E-state index contributed by atoms with van der Waals surface area (Å²) in [4.78, 5) is 28.2. The lowest BCUT2D eigenvalue weighted by molar-refractivity contribution is -0.130. The summed E-state index contributed by atoms with van der Waals surface area (Å²) in [5.74, 6) is -1.87. The minimum atomic E-state index is -3.94. The first-order chi connectivity index (χ1) is 15.8. The maximum absolute atomic E-state index is 12.9. The highest BCUT2D eigenvalue weighted by Gasteiger charge is 2.27. The topological polar surface area (TPSA) is 105 Å². The normalized spacial score (nSPS) is 16.0. The van der Waals surface area contributed by atoms with E-state index in [-0.39, 0.29) is 12.5 Å². The van der Waals surface area contributed by atoms with E-state index in [4.69, 9.17) is 9.47 Å². The number of carbonyl (C=O) groups is 2. The molecule has 0 aliphatic carbocycles. The first-order valence-corrected chi connectivity index (χ1v) is 12.2. The van der Waals surface area contributed by atoms with Crippen molar-refractivity contribution in [3.05, 3.63) is 53.8 Å². The lowest BCUT2D eigenvalue weighted by Gasteiger charge is -2.34. The number of sulfone groups is 1. The van der Waals surface area contributed by atoms with Crippen LogP contribution >= 0.6 is 0 Å². The molecule has 1 N–H and O–H groups in total. The molecule has 0 radical (unpaired) electrons. The monoisotopic (exact) mass is 477 g/mol. The van der Waals surface area contributed by atoms with Crippen LogP contribution in [0.5, 0.6) is 11.5 Å². The van der Waals surface area contributed by atoms with Gasteiger partial charge in [-0.25, -0.2) is 12.8 Å². The van der Waals surface area contributed by atoms with Crippen molar-refractivity contribution in [2.24, 2.45) is 0 Å². The Morgan fingerprint density at radius 1 is 0.939 bits per heavy atom. The van der Waals surface area contributed by atoms with Crippen molar-refractivity contribution < 1.29 is 31.9 Å². The number of carbonyl (C=O) groups excluding carboxylic acids is 2. The van der Waals surface area contributed by atoms with Crippen LogP contribution in [-0.2, 0) is 26.0 Å². The van der Waals surface area contributed by atoms with Gasteiger partial charge < -0.3 is 19.7 Å². The lowest BCUT2D eigenvalue weighted by atomic mass is 10.1. The molecular formula is C22H24FN3O6S. The van der Waals surface area contributed by atoms with Crippen LogP contribution < -0.4 is 14.8 Å². The summed E-state index contributed by atoms with van der Waals surface area (Å²) in [7, 11) is -3.94. The number of hydrogen-bond donors (Lipinski definition) is 1. The van der Waals surface area contributed by atoms with Gasteiger partial charge in [0.05, 0.1) is 0 Å². The van der Waals surface area contributed by atoms with Gasteiger partial charge in [0.25, 0.3) is 0 Å². The number of rotatable bonds is 7. The minimum absolute atomic E-state index is 0.219. The number of anilines is 1. The third-order valence-electron chi connectivity index (χ3n) is 5.39. The van der Waals surface area contributed by atoms with Crippen molar-refractivity contribution in [2.75, 3.05) is 49.8 Å². The molecule has 0 unspecified atom stereocenters. The summed E-state index contributed by atoms with van der Waals surface area (Å²) >= 11 is 0. The lowest BCUT2D eigenvalue weighted by Crippen LogP contribution is -2.50. The van der Waals surface area contributed by atoms with Crippen LogP contribution in [-0.4, -0.2) is 74.5 Å². The largest absolute Gasteiger partial charge is 0.454 e. The molecule has 0 saturated carbocycles. The van der Waals surface area contributed by atoms with Gasteiger partial charge in [-0.15, -0.1) is 0 Å². The van der Waals surface area contributed by atoms with Crippen LogP contribution in [0.2, 0.25) is 0 Å². The van der Waals surface area contributed by atoms with Crippen LogP contribution in [0.4, 0.5) is 10.1 Å². The molecule has 9 nitrogen and oxygen atoms in total. The number of benzene rings is 2. The standard InChI is InChI=1S/C22H24FN3O6S/c23-17-2-4-18(5-3-17)24-21(27)13-33(29,30)14-22(28)26-9-7-25(8-10-26)12-16-1-6-19-20(11-16)32-15-31-19/h1-6,11H,7-10,12-15H2,(H,24,27). The number of piperazine rings is 1. The van der Waals surface area contributed by atoms with Crippen molar-refractivity contribution in [2.45, 2.75) is 6.54 Å². The molecule has 2 heterocycles. The Hall–Kier alpha value is -3.18. The Labute approximate surface area is 191 Å². The Bertz CT molecular complexity index is 1130. The molecule has 11 heteroatoms. The van der Waals surface area contributed by atoms with E-state index < -0.39 is 39.0 Å². The number of halogens is 1. The number of fused-ring (bicyclic) bond motifs is 1. The van der Waals surface area contributed by atoms with Crippen molar-refractivity contribution in [3.63, 3.8) is 0 Å². The van der Waals surface area contributed by atoms with Gasteiger partial charge in [-0.05, 0) is 42.0 Å². The van der Waals surface area contributed by atoms with Gasteiger partial charge in [0, 0.05) is 38.4 Å². The smallest absolute Gasteiger partial charge is 0.239 e. The number of ether oxygens (including phenoxy) is 2. The molecule has 4 rings (SSSR count). The highest BCUT2D eigenvalue weighted by atomic mass is 32.2. The molecule has 0 atom stereocenters. The molecule has 0 aromatic heterocycles. The van der Waals surface area contributed by atoms with Crippen LogP contribution in [0.15, 0.2) is 42.5 Å². The van der Waals surface area contributed by atoms with E-state index in [1.165, 1.54) is 17.0 Å². The van der Waals surface area contributed by atoms with Gasteiger partial charge in [-0.1, -0.05) is 6.07 Å². The zero-order valence-electron chi connectivity index (χ0n) is 17.8. The minimum Gasteiger partial charge on any atom is -0.454 e. The average molecular weight is 478 g/mol. The summed E-state index contributed by atoms with van der Waals surface area (Å²) in [6, 6.07) is 10.7. The van der Waals surface area contributed by atoms with Crippen molar-refractivity contribution in [1.29, 1.82) is 0 Å². The van der Waals surface area contributed by atoms with Crippen molar-refractivity contribution >= 4 is 27.3 Å². The van der Waals surface area contributed by atoms with E-state index in [1.54, 1.807) is 0 Å². The van der Waals surface area contributed by atoms with Crippen LogP contribution in [0, 0.1) is 5.82 Å². The third kappa shape index (κ3) is 6.20. The molecular weight excluding hydrogens is 453 g/mol. The highest BCUT2D eigenvalue weighted by Crippen LogP contribution is 2.32. The van der Waals surface area contributed by atoms with Crippen molar-refractivity contribution in [3.8, 4) is 11.5 Å². The second-order valence-electron chi connectivity index (χ2n) is 7.93. The molecule has 1 saturated heterocycles. The van der Waals surface area contributed by atoms with Crippen molar-refractivity contribution in [1.82, 2.24) is 9.80 Å². The van der Waals surface area contributed by atoms with E-state index in [0.717, 1.165) is 29.2 Å². The molecule has 33 heavy (non-hydrogen) atoms. The van der Waals surface area contributed by atoms with E-state index in [1.807, 2.05) is 18.2 Å².